The summed E-state index contributed by atoms with van der Waals surface area (Å²) in [5.74, 6) is -1.77. The molecule has 9 nitrogen and oxygen atoms in total. The first-order chi connectivity index (χ1) is 18.7. The van der Waals surface area contributed by atoms with Crippen LogP contribution in [0.15, 0.2) is 24.4 Å². The van der Waals surface area contributed by atoms with E-state index in [1.165, 1.54) is 6.20 Å². The van der Waals surface area contributed by atoms with E-state index in [-0.39, 0.29) is 22.9 Å². The van der Waals surface area contributed by atoms with Crippen molar-refractivity contribution in [2.24, 2.45) is 11.3 Å². The van der Waals surface area contributed by atoms with Gasteiger partial charge in [-0.1, -0.05) is 33.3 Å². The van der Waals surface area contributed by atoms with E-state index in [1.807, 2.05) is 32.0 Å². The second kappa shape index (κ2) is 12.8. The van der Waals surface area contributed by atoms with Gasteiger partial charge >= 0.3 is 5.97 Å². The molecule has 1 amide bonds. The van der Waals surface area contributed by atoms with E-state index in [1.54, 1.807) is 13.8 Å². The molecule has 0 radical (unpaired) electrons. The second-order valence-corrected chi connectivity index (χ2v) is 12.3. The van der Waals surface area contributed by atoms with Crippen molar-refractivity contribution in [1.82, 2.24) is 15.0 Å². The molecule has 2 aromatic rings. The summed E-state index contributed by atoms with van der Waals surface area (Å²) >= 11 is 0. The van der Waals surface area contributed by atoms with Crippen molar-refractivity contribution in [1.29, 1.82) is 5.26 Å². The predicted octanol–water partition coefficient (Wildman–Crippen LogP) is 6.70. The van der Waals surface area contributed by atoms with Crippen LogP contribution in [0.5, 0.6) is 0 Å². The van der Waals surface area contributed by atoms with E-state index >= 15 is 0 Å². The molecule has 2 heterocycles. The van der Waals surface area contributed by atoms with Gasteiger partial charge in [0.05, 0.1) is 35.2 Å². The number of carboxylic acid groups (broad SMARTS) is 1. The summed E-state index contributed by atoms with van der Waals surface area (Å²) in [6.07, 6.45) is 8.43. The lowest BCUT2D eigenvalue weighted by Crippen LogP contribution is -2.36. The smallest absolute Gasteiger partial charge is 0.308 e. The molecule has 0 aromatic carbocycles. The van der Waals surface area contributed by atoms with Gasteiger partial charge in [0.25, 0.3) is 5.91 Å². The Labute approximate surface area is 237 Å². The highest BCUT2D eigenvalue weighted by atomic mass is 16.5. The number of anilines is 1. The Morgan fingerprint density at radius 3 is 2.60 bits per heavy atom. The molecule has 3 unspecified atom stereocenters. The second-order valence-electron chi connectivity index (χ2n) is 12.3. The molecule has 0 saturated carbocycles. The number of imidazole rings is 1. The Balaban J connectivity index is 1.94. The zero-order chi connectivity index (χ0) is 29.7. The highest BCUT2D eigenvalue weighted by Gasteiger charge is 2.32. The fourth-order valence-electron chi connectivity index (χ4n) is 5.16. The summed E-state index contributed by atoms with van der Waals surface area (Å²) < 4.78 is 6.25. The molecule has 9 heteroatoms. The molecule has 3 atom stereocenters. The maximum absolute atomic E-state index is 13.0. The van der Waals surface area contributed by atoms with Gasteiger partial charge in [-0.05, 0) is 82.9 Å². The summed E-state index contributed by atoms with van der Waals surface area (Å²) in [7, 11) is 0. The van der Waals surface area contributed by atoms with Crippen LogP contribution in [0.4, 0.5) is 5.69 Å². The molecule has 40 heavy (non-hydrogen) atoms. The minimum Gasteiger partial charge on any atom is -0.481 e. The van der Waals surface area contributed by atoms with Crippen molar-refractivity contribution in [2.45, 2.75) is 105 Å². The number of aromatic amines is 1. The number of carbonyl (C=O) groups excluding carboxylic acids is 1. The highest BCUT2D eigenvalue weighted by Crippen LogP contribution is 2.40. The number of allylic oxidation sites excluding steroid dienone is 2. The molecule has 0 aliphatic heterocycles. The third-order valence-electron chi connectivity index (χ3n) is 7.74. The molecular weight excluding hydrogens is 506 g/mol. The van der Waals surface area contributed by atoms with Crippen molar-refractivity contribution >= 4 is 23.1 Å². The van der Waals surface area contributed by atoms with Gasteiger partial charge in [0.2, 0.25) is 0 Å². The van der Waals surface area contributed by atoms with Gasteiger partial charge in [0, 0.05) is 11.6 Å². The summed E-state index contributed by atoms with van der Waals surface area (Å²) in [6, 6.07) is 5.80. The van der Waals surface area contributed by atoms with Crippen LogP contribution in [-0.2, 0) is 9.53 Å². The number of aliphatic carboxylic acids is 1. The first-order valence-corrected chi connectivity index (χ1v) is 14.1. The van der Waals surface area contributed by atoms with Gasteiger partial charge in [0.1, 0.15) is 11.8 Å². The van der Waals surface area contributed by atoms with Crippen LogP contribution in [-0.4, -0.2) is 43.6 Å². The predicted molar refractivity (Wildman–Crippen MR) is 155 cm³/mol. The fraction of sp³-hybridized carbons (Fsp3) is 0.581. The Hall–Kier alpha value is -3.51. The Bertz CT molecular complexity index is 1290. The lowest BCUT2D eigenvalue weighted by Gasteiger charge is -2.34. The average molecular weight is 550 g/mol. The molecule has 0 fully saturated rings. The van der Waals surface area contributed by atoms with Gasteiger partial charge in [-0.25, -0.2) is 4.98 Å². The van der Waals surface area contributed by atoms with Crippen molar-refractivity contribution in [2.75, 3.05) is 5.32 Å². The Morgan fingerprint density at radius 2 is 2.02 bits per heavy atom. The molecule has 2 aromatic heterocycles. The summed E-state index contributed by atoms with van der Waals surface area (Å²) in [6.45, 7) is 14.1. The fourth-order valence-corrected chi connectivity index (χ4v) is 5.16. The number of carbonyl (C=O) groups is 2. The number of ether oxygens (including phenoxy) is 1. The van der Waals surface area contributed by atoms with Crippen LogP contribution in [0.25, 0.3) is 5.57 Å². The van der Waals surface area contributed by atoms with Crippen LogP contribution >= 0.6 is 0 Å². The summed E-state index contributed by atoms with van der Waals surface area (Å²) in [5.41, 5.74) is 3.23. The Kier molecular flexibility index (Phi) is 9.91. The highest BCUT2D eigenvalue weighted by molar-refractivity contribution is 6.03. The maximum atomic E-state index is 13.0. The van der Waals surface area contributed by atoms with Crippen LogP contribution in [0.2, 0.25) is 0 Å². The lowest BCUT2D eigenvalue weighted by molar-refractivity contribution is -0.152. The van der Waals surface area contributed by atoms with E-state index in [0.717, 1.165) is 49.1 Å². The standard InChI is InChI=1S/C31H43N5O4/c1-8-9-22(16-31(6,7)40-20(3)19(2)29(38)39)24-10-11-25(36-28(37)27-33-18-23(17-32)34-27)26(35-24)21-12-14-30(4,5)15-13-21/h10-12,18-20,22H,8-9,13-16H2,1-7H3,(H,33,34)(H,36,37)(H,38,39). The number of rotatable bonds is 12. The molecule has 1 aliphatic carbocycles. The van der Waals surface area contributed by atoms with Crippen molar-refractivity contribution in [3.8, 4) is 6.07 Å². The summed E-state index contributed by atoms with van der Waals surface area (Å²) in [5, 5.41) is 21.4. The van der Waals surface area contributed by atoms with Crippen molar-refractivity contribution in [3.63, 3.8) is 0 Å². The average Bonchev–Trinajstić information content (AvgIpc) is 3.37. The number of nitrogens with one attached hydrogen (secondary N) is 2. The van der Waals surface area contributed by atoms with Crippen molar-refractivity contribution < 1.29 is 19.4 Å². The molecule has 216 valence electrons. The molecule has 3 rings (SSSR count). The van der Waals surface area contributed by atoms with Crippen LogP contribution in [0.3, 0.4) is 0 Å². The molecule has 0 spiro atoms. The van der Waals surface area contributed by atoms with E-state index in [4.69, 9.17) is 15.0 Å². The summed E-state index contributed by atoms with van der Waals surface area (Å²) in [4.78, 5) is 36.3. The third-order valence-corrected chi connectivity index (χ3v) is 7.74. The number of nitrogens with zero attached hydrogens (tertiary/aromatic N) is 3. The minimum absolute atomic E-state index is 0.0674. The monoisotopic (exact) mass is 549 g/mol. The zero-order valence-corrected chi connectivity index (χ0v) is 24.8. The number of aromatic nitrogens is 3. The van der Waals surface area contributed by atoms with Gasteiger partial charge in [-0.15, -0.1) is 0 Å². The number of hydrogen-bond donors (Lipinski definition) is 3. The number of H-pyrrole nitrogens is 1. The van der Waals surface area contributed by atoms with E-state index < -0.39 is 29.5 Å². The van der Waals surface area contributed by atoms with Crippen LogP contribution < -0.4 is 5.32 Å². The molecule has 0 saturated heterocycles. The number of nitriles is 1. The van der Waals surface area contributed by atoms with Gasteiger partial charge in [-0.2, -0.15) is 5.26 Å². The molecule has 3 N–H and O–H groups in total. The first-order valence-electron chi connectivity index (χ1n) is 14.1. The number of hydrogen-bond acceptors (Lipinski definition) is 6. The Morgan fingerprint density at radius 1 is 1.30 bits per heavy atom. The largest absolute Gasteiger partial charge is 0.481 e. The maximum Gasteiger partial charge on any atom is 0.308 e. The third kappa shape index (κ3) is 8.01. The van der Waals surface area contributed by atoms with Crippen LogP contribution in [0.1, 0.15) is 121 Å². The van der Waals surface area contributed by atoms with Crippen molar-refractivity contribution in [3.05, 3.63) is 47.3 Å². The number of carboxylic acids is 1. The van der Waals surface area contributed by atoms with Gasteiger partial charge in [0.15, 0.2) is 5.82 Å². The molecular formula is C31H43N5O4. The van der Waals surface area contributed by atoms with Gasteiger partial charge in [-0.3, -0.25) is 14.6 Å². The first kappa shape index (κ1) is 31.0. The quantitative estimate of drug-likeness (QED) is 0.267. The zero-order valence-electron chi connectivity index (χ0n) is 24.8. The van der Waals surface area contributed by atoms with E-state index in [9.17, 15) is 14.7 Å². The minimum atomic E-state index is -0.875. The lowest BCUT2D eigenvalue weighted by atomic mass is 9.77. The van der Waals surface area contributed by atoms with E-state index in [2.05, 4.69) is 42.1 Å². The SMILES string of the molecule is CCCC(CC(C)(C)OC(C)C(C)C(=O)O)c1ccc(NC(=O)c2ncc(C#N)[nH]2)c(C2=CCC(C)(C)CC2)n1. The topological polar surface area (TPSA) is 141 Å². The molecule has 1 aliphatic rings. The van der Waals surface area contributed by atoms with Crippen LogP contribution in [0, 0.1) is 22.7 Å². The normalized spacial score (nSPS) is 17.3. The number of amides is 1. The van der Waals surface area contributed by atoms with E-state index in [0.29, 0.717) is 12.1 Å². The molecule has 0 bridgehead atoms. The van der Waals surface area contributed by atoms with Gasteiger partial charge < -0.3 is 20.1 Å². The number of pyridine rings is 1.